The number of carbonyl (C=O) groups is 1. The van der Waals surface area contributed by atoms with Gasteiger partial charge in [0.2, 0.25) is 5.91 Å². The van der Waals surface area contributed by atoms with Gasteiger partial charge in [0.25, 0.3) is 0 Å². The molecular weight excluding hydrogens is 344 g/mol. The molecule has 3 rings (SSSR count). The highest BCUT2D eigenvalue weighted by Crippen LogP contribution is 2.25. The third-order valence-corrected chi connectivity index (χ3v) is 3.81. The van der Waals surface area contributed by atoms with E-state index in [1.54, 1.807) is 10.8 Å². The Bertz CT molecular complexity index is 666. The van der Waals surface area contributed by atoms with E-state index in [1.807, 2.05) is 13.0 Å². The second-order valence-corrected chi connectivity index (χ2v) is 6.58. The van der Waals surface area contributed by atoms with Crippen LogP contribution in [0.2, 0.25) is 0 Å². The van der Waals surface area contributed by atoms with Gasteiger partial charge in [-0.2, -0.15) is 0 Å². The SMILES string of the molecule is CC(Cl)c1nc2cc(Br)cnc2n1CC(=O)NC1CC1. The van der Waals surface area contributed by atoms with E-state index in [1.165, 1.54) is 0 Å². The van der Waals surface area contributed by atoms with Crippen LogP contribution in [0.15, 0.2) is 16.7 Å². The molecule has 1 aliphatic rings. The Morgan fingerprint density at radius 3 is 3.05 bits per heavy atom. The summed E-state index contributed by atoms with van der Waals surface area (Å²) in [6.45, 7) is 2.04. The lowest BCUT2D eigenvalue weighted by Crippen LogP contribution is -2.30. The van der Waals surface area contributed by atoms with Crippen LogP contribution in [0.1, 0.15) is 31.0 Å². The number of rotatable bonds is 4. The highest BCUT2D eigenvalue weighted by molar-refractivity contribution is 9.10. The van der Waals surface area contributed by atoms with Crippen molar-refractivity contribution in [3.8, 4) is 0 Å². The number of hydrogen-bond donors (Lipinski definition) is 1. The molecule has 5 nitrogen and oxygen atoms in total. The van der Waals surface area contributed by atoms with Crippen molar-refractivity contribution in [2.24, 2.45) is 0 Å². The Labute approximate surface area is 129 Å². The fourth-order valence-corrected chi connectivity index (χ4v) is 2.59. The van der Waals surface area contributed by atoms with Gasteiger partial charge in [-0.05, 0) is 41.8 Å². The molecule has 2 aromatic heterocycles. The fourth-order valence-electron chi connectivity index (χ4n) is 2.11. The zero-order chi connectivity index (χ0) is 14.3. The van der Waals surface area contributed by atoms with Gasteiger partial charge in [0.05, 0.1) is 5.38 Å². The van der Waals surface area contributed by atoms with Crippen LogP contribution in [0.3, 0.4) is 0 Å². The van der Waals surface area contributed by atoms with Crippen LogP contribution in [0.4, 0.5) is 0 Å². The summed E-state index contributed by atoms with van der Waals surface area (Å²) in [4.78, 5) is 20.8. The second kappa shape index (κ2) is 5.33. The van der Waals surface area contributed by atoms with E-state index in [0.29, 0.717) is 17.5 Å². The summed E-state index contributed by atoms with van der Waals surface area (Å²) in [5, 5.41) is 2.69. The molecular formula is C13H14BrClN4O. The molecule has 7 heteroatoms. The molecule has 1 N–H and O–H groups in total. The van der Waals surface area contributed by atoms with E-state index >= 15 is 0 Å². The molecule has 20 heavy (non-hydrogen) atoms. The van der Waals surface area contributed by atoms with Crippen molar-refractivity contribution >= 4 is 44.6 Å². The number of nitrogens with one attached hydrogen (secondary N) is 1. The van der Waals surface area contributed by atoms with E-state index in [2.05, 4.69) is 31.2 Å². The molecule has 1 fully saturated rings. The van der Waals surface area contributed by atoms with Crippen LogP contribution in [0, 0.1) is 0 Å². The van der Waals surface area contributed by atoms with E-state index in [0.717, 1.165) is 22.8 Å². The third kappa shape index (κ3) is 2.81. The zero-order valence-electron chi connectivity index (χ0n) is 10.9. The molecule has 0 aliphatic heterocycles. The van der Waals surface area contributed by atoms with Crippen LogP contribution in [-0.4, -0.2) is 26.5 Å². The van der Waals surface area contributed by atoms with Crippen molar-refractivity contribution in [2.75, 3.05) is 0 Å². The summed E-state index contributed by atoms with van der Waals surface area (Å²) in [6.07, 6.45) is 3.84. The molecule has 0 spiro atoms. The van der Waals surface area contributed by atoms with Crippen LogP contribution in [0.5, 0.6) is 0 Å². The second-order valence-electron chi connectivity index (χ2n) is 5.01. The highest BCUT2D eigenvalue weighted by atomic mass is 79.9. The van der Waals surface area contributed by atoms with Gasteiger partial charge >= 0.3 is 0 Å². The Morgan fingerprint density at radius 2 is 2.40 bits per heavy atom. The molecule has 0 aromatic carbocycles. The topological polar surface area (TPSA) is 59.8 Å². The monoisotopic (exact) mass is 356 g/mol. The molecule has 1 amide bonds. The fraction of sp³-hybridized carbons (Fsp3) is 0.462. The molecule has 0 saturated heterocycles. The molecule has 0 radical (unpaired) electrons. The molecule has 2 aromatic rings. The van der Waals surface area contributed by atoms with Gasteiger partial charge in [0.15, 0.2) is 5.65 Å². The molecule has 2 heterocycles. The minimum Gasteiger partial charge on any atom is -0.352 e. The largest absolute Gasteiger partial charge is 0.352 e. The minimum atomic E-state index is -0.281. The van der Waals surface area contributed by atoms with E-state index in [9.17, 15) is 4.79 Å². The van der Waals surface area contributed by atoms with Crippen molar-refractivity contribution < 1.29 is 4.79 Å². The molecule has 1 unspecified atom stereocenters. The van der Waals surface area contributed by atoms with Gasteiger partial charge in [-0.25, -0.2) is 9.97 Å². The van der Waals surface area contributed by atoms with Gasteiger partial charge in [-0.15, -0.1) is 11.6 Å². The Hall–Kier alpha value is -1.14. The first kappa shape index (κ1) is 13.8. The Morgan fingerprint density at radius 1 is 1.65 bits per heavy atom. The van der Waals surface area contributed by atoms with Gasteiger partial charge < -0.3 is 9.88 Å². The number of halogens is 2. The van der Waals surface area contributed by atoms with Gasteiger partial charge in [0.1, 0.15) is 17.9 Å². The summed E-state index contributed by atoms with van der Waals surface area (Å²) >= 11 is 9.54. The van der Waals surface area contributed by atoms with Crippen LogP contribution in [-0.2, 0) is 11.3 Å². The Kier molecular flexibility index (Phi) is 3.69. The molecule has 106 valence electrons. The average Bonchev–Trinajstić information content (AvgIpc) is 3.11. The first-order valence-electron chi connectivity index (χ1n) is 6.49. The number of fused-ring (bicyclic) bond motifs is 1. The van der Waals surface area contributed by atoms with Crippen molar-refractivity contribution in [3.05, 3.63) is 22.6 Å². The van der Waals surface area contributed by atoms with Crippen LogP contribution in [0.25, 0.3) is 11.2 Å². The lowest BCUT2D eigenvalue weighted by Gasteiger charge is -2.10. The minimum absolute atomic E-state index is 0.0184. The smallest absolute Gasteiger partial charge is 0.240 e. The summed E-state index contributed by atoms with van der Waals surface area (Å²) in [5.74, 6) is 0.647. The number of hydrogen-bond acceptors (Lipinski definition) is 3. The quantitative estimate of drug-likeness (QED) is 0.856. The molecule has 0 bridgehead atoms. The summed E-state index contributed by atoms with van der Waals surface area (Å²) < 4.78 is 2.64. The first-order chi connectivity index (χ1) is 9.54. The van der Waals surface area contributed by atoms with Crippen molar-refractivity contribution in [1.29, 1.82) is 0 Å². The van der Waals surface area contributed by atoms with Crippen LogP contribution < -0.4 is 5.32 Å². The van der Waals surface area contributed by atoms with Crippen molar-refractivity contribution in [3.63, 3.8) is 0 Å². The Balaban J connectivity index is 1.97. The van der Waals surface area contributed by atoms with E-state index in [4.69, 9.17) is 11.6 Å². The lowest BCUT2D eigenvalue weighted by atomic mass is 10.4. The molecule has 1 atom stereocenters. The average molecular weight is 358 g/mol. The van der Waals surface area contributed by atoms with Gasteiger partial charge in [0, 0.05) is 16.7 Å². The predicted octanol–water partition coefficient (Wildman–Crippen LogP) is 2.77. The summed E-state index contributed by atoms with van der Waals surface area (Å²) in [7, 11) is 0. The molecule has 1 saturated carbocycles. The predicted molar refractivity (Wildman–Crippen MR) is 80.7 cm³/mol. The van der Waals surface area contributed by atoms with Gasteiger partial charge in [-0.1, -0.05) is 0 Å². The van der Waals surface area contributed by atoms with Crippen molar-refractivity contribution in [2.45, 2.75) is 37.7 Å². The van der Waals surface area contributed by atoms with Gasteiger partial charge in [-0.3, -0.25) is 4.79 Å². The first-order valence-corrected chi connectivity index (χ1v) is 7.72. The maximum atomic E-state index is 12.0. The normalized spacial score (nSPS) is 16.4. The third-order valence-electron chi connectivity index (χ3n) is 3.18. The number of pyridine rings is 1. The summed E-state index contributed by atoms with van der Waals surface area (Å²) in [5.41, 5.74) is 1.42. The number of carbonyl (C=O) groups excluding carboxylic acids is 1. The standard InChI is InChI=1S/C13H14BrClN4O/c1-7(15)12-18-10-4-8(14)5-16-13(10)19(12)6-11(20)17-9-2-3-9/h4-5,7,9H,2-3,6H2,1H3,(H,17,20). The number of imidazole rings is 1. The zero-order valence-corrected chi connectivity index (χ0v) is 13.3. The summed E-state index contributed by atoms with van der Waals surface area (Å²) in [6, 6.07) is 2.22. The van der Waals surface area contributed by atoms with Crippen molar-refractivity contribution in [1.82, 2.24) is 19.9 Å². The maximum absolute atomic E-state index is 12.0. The number of nitrogens with zero attached hydrogens (tertiary/aromatic N) is 3. The maximum Gasteiger partial charge on any atom is 0.240 e. The number of aromatic nitrogens is 3. The van der Waals surface area contributed by atoms with E-state index < -0.39 is 0 Å². The number of alkyl halides is 1. The highest BCUT2D eigenvalue weighted by Gasteiger charge is 2.25. The number of amides is 1. The lowest BCUT2D eigenvalue weighted by molar-refractivity contribution is -0.121. The van der Waals surface area contributed by atoms with Crippen LogP contribution >= 0.6 is 27.5 Å². The van der Waals surface area contributed by atoms with E-state index in [-0.39, 0.29) is 17.8 Å². The molecule has 1 aliphatic carbocycles.